The standard InChI is InChI=1S/C19H21N3O3/c23-18-14-9-4-5-10-15(14)19(24)22(18)12-6-11-16-20-17(21-25-16)13-7-2-1-3-8-13/h1-3,7-8,14-15H,4-6,9-12H2/t14-,15+. The smallest absolute Gasteiger partial charge is 0.233 e. The third-order valence-corrected chi connectivity index (χ3v) is 5.20. The maximum absolute atomic E-state index is 12.4. The molecule has 2 amide bonds. The molecule has 0 unspecified atom stereocenters. The Hall–Kier alpha value is -2.50. The highest BCUT2D eigenvalue weighted by molar-refractivity contribution is 6.05. The Balaban J connectivity index is 1.34. The number of imide groups is 1. The summed E-state index contributed by atoms with van der Waals surface area (Å²) in [6.45, 7) is 0.438. The molecule has 130 valence electrons. The molecule has 1 aliphatic heterocycles. The Morgan fingerprint density at radius 3 is 2.40 bits per heavy atom. The van der Waals surface area contributed by atoms with Gasteiger partial charge in [-0.15, -0.1) is 0 Å². The summed E-state index contributed by atoms with van der Waals surface area (Å²) in [4.78, 5) is 30.7. The number of aromatic nitrogens is 2. The maximum atomic E-state index is 12.4. The van der Waals surface area contributed by atoms with Crippen LogP contribution in [0.25, 0.3) is 11.4 Å². The molecule has 2 atom stereocenters. The predicted octanol–water partition coefficient (Wildman–Crippen LogP) is 2.84. The van der Waals surface area contributed by atoms with E-state index in [0.29, 0.717) is 31.1 Å². The van der Waals surface area contributed by atoms with E-state index in [1.54, 1.807) is 0 Å². The summed E-state index contributed by atoms with van der Waals surface area (Å²) in [5.41, 5.74) is 0.909. The average molecular weight is 339 g/mol. The van der Waals surface area contributed by atoms with Crippen molar-refractivity contribution in [1.82, 2.24) is 15.0 Å². The molecule has 1 saturated heterocycles. The number of carbonyl (C=O) groups excluding carboxylic acids is 2. The quantitative estimate of drug-likeness (QED) is 0.783. The van der Waals surface area contributed by atoms with Gasteiger partial charge in [-0.05, 0) is 19.3 Å². The van der Waals surface area contributed by atoms with Gasteiger partial charge in [-0.1, -0.05) is 48.3 Å². The first-order valence-corrected chi connectivity index (χ1v) is 8.97. The van der Waals surface area contributed by atoms with Crippen LogP contribution in [0.4, 0.5) is 0 Å². The summed E-state index contributed by atoms with van der Waals surface area (Å²) in [5, 5.41) is 3.99. The van der Waals surface area contributed by atoms with Crippen LogP contribution < -0.4 is 0 Å². The molecule has 6 heteroatoms. The second-order valence-corrected chi connectivity index (χ2v) is 6.81. The van der Waals surface area contributed by atoms with Crippen molar-refractivity contribution in [2.45, 2.75) is 38.5 Å². The minimum atomic E-state index is -0.0747. The number of nitrogens with zero attached hydrogens (tertiary/aromatic N) is 3. The fourth-order valence-corrected chi connectivity index (χ4v) is 3.90. The van der Waals surface area contributed by atoms with Crippen molar-refractivity contribution < 1.29 is 14.1 Å². The van der Waals surface area contributed by atoms with Gasteiger partial charge >= 0.3 is 0 Å². The van der Waals surface area contributed by atoms with Gasteiger partial charge in [0.1, 0.15) is 0 Å². The molecule has 2 aromatic rings. The molecular weight excluding hydrogens is 318 g/mol. The van der Waals surface area contributed by atoms with Gasteiger partial charge < -0.3 is 4.52 Å². The van der Waals surface area contributed by atoms with Crippen molar-refractivity contribution in [2.75, 3.05) is 6.54 Å². The second kappa shape index (κ2) is 6.78. The number of amides is 2. The average Bonchev–Trinajstić information content (AvgIpc) is 3.22. The Labute approximate surface area is 146 Å². The van der Waals surface area contributed by atoms with E-state index in [1.165, 1.54) is 4.90 Å². The lowest BCUT2D eigenvalue weighted by atomic mass is 9.81. The Bertz CT molecular complexity index is 747. The lowest BCUT2D eigenvalue weighted by molar-refractivity contribution is -0.139. The molecule has 2 heterocycles. The third-order valence-electron chi connectivity index (χ3n) is 5.20. The van der Waals surface area contributed by atoms with Gasteiger partial charge in [0.2, 0.25) is 23.5 Å². The van der Waals surface area contributed by atoms with Crippen LogP contribution >= 0.6 is 0 Å². The molecule has 4 rings (SSSR count). The SMILES string of the molecule is O=C1[C@H]2CCCC[C@H]2C(=O)N1CCCc1nc(-c2ccccc2)no1. The molecule has 0 radical (unpaired) electrons. The van der Waals surface area contributed by atoms with E-state index in [4.69, 9.17) is 4.52 Å². The molecule has 1 saturated carbocycles. The van der Waals surface area contributed by atoms with Gasteiger partial charge in [0.15, 0.2) is 0 Å². The van der Waals surface area contributed by atoms with Gasteiger partial charge in [-0.25, -0.2) is 0 Å². The highest BCUT2D eigenvalue weighted by atomic mass is 16.5. The fourth-order valence-electron chi connectivity index (χ4n) is 3.90. The third kappa shape index (κ3) is 3.08. The van der Waals surface area contributed by atoms with Gasteiger partial charge in [-0.3, -0.25) is 14.5 Å². The zero-order valence-electron chi connectivity index (χ0n) is 14.1. The van der Waals surface area contributed by atoms with E-state index in [0.717, 1.165) is 31.2 Å². The summed E-state index contributed by atoms with van der Waals surface area (Å²) < 4.78 is 5.28. The zero-order valence-corrected chi connectivity index (χ0v) is 14.1. The minimum absolute atomic E-state index is 0.0187. The molecule has 1 aliphatic carbocycles. The van der Waals surface area contributed by atoms with E-state index in [9.17, 15) is 9.59 Å². The van der Waals surface area contributed by atoms with Crippen LogP contribution in [0.15, 0.2) is 34.9 Å². The number of fused-ring (bicyclic) bond motifs is 1. The van der Waals surface area contributed by atoms with Crippen LogP contribution in [0.1, 0.15) is 38.0 Å². The Morgan fingerprint density at radius 2 is 1.72 bits per heavy atom. The minimum Gasteiger partial charge on any atom is -0.339 e. The van der Waals surface area contributed by atoms with E-state index >= 15 is 0 Å². The zero-order chi connectivity index (χ0) is 17.2. The van der Waals surface area contributed by atoms with Crippen LogP contribution in [0.2, 0.25) is 0 Å². The maximum Gasteiger partial charge on any atom is 0.233 e. The summed E-state index contributed by atoms with van der Waals surface area (Å²) >= 11 is 0. The van der Waals surface area contributed by atoms with Crippen molar-refractivity contribution in [3.63, 3.8) is 0 Å². The summed E-state index contributed by atoms with van der Waals surface area (Å²) in [7, 11) is 0. The number of carbonyl (C=O) groups is 2. The first kappa shape index (κ1) is 16.0. The number of aryl methyl sites for hydroxylation is 1. The van der Waals surface area contributed by atoms with E-state index in [1.807, 2.05) is 30.3 Å². The van der Waals surface area contributed by atoms with Crippen molar-refractivity contribution >= 4 is 11.8 Å². The topological polar surface area (TPSA) is 76.3 Å². The van der Waals surface area contributed by atoms with Crippen LogP contribution in [0, 0.1) is 11.8 Å². The molecular formula is C19H21N3O3. The molecule has 2 aliphatic rings. The van der Waals surface area contributed by atoms with Crippen molar-refractivity contribution in [2.24, 2.45) is 11.8 Å². The fraction of sp³-hybridized carbons (Fsp3) is 0.474. The summed E-state index contributed by atoms with van der Waals surface area (Å²) in [6.07, 6.45) is 5.03. The van der Waals surface area contributed by atoms with Crippen molar-refractivity contribution in [3.05, 3.63) is 36.2 Å². The predicted molar refractivity (Wildman–Crippen MR) is 90.2 cm³/mol. The highest BCUT2D eigenvalue weighted by Gasteiger charge is 2.47. The van der Waals surface area contributed by atoms with Crippen LogP contribution in [-0.2, 0) is 16.0 Å². The largest absolute Gasteiger partial charge is 0.339 e. The van der Waals surface area contributed by atoms with E-state index < -0.39 is 0 Å². The first-order chi connectivity index (χ1) is 12.2. The molecule has 0 spiro atoms. The second-order valence-electron chi connectivity index (χ2n) is 6.81. The summed E-state index contributed by atoms with van der Waals surface area (Å²) in [5.74, 6) is 0.990. The number of hydrogen-bond acceptors (Lipinski definition) is 5. The van der Waals surface area contributed by atoms with Crippen LogP contribution in [-0.4, -0.2) is 33.4 Å². The summed E-state index contributed by atoms with van der Waals surface area (Å²) in [6, 6.07) is 9.65. The number of benzene rings is 1. The number of rotatable bonds is 5. The monoisotopic (exact) mass is 339 g/mol. The number of likely N-dealkylation sites (tertiary alicyclic amines) is 1. The van der Waals surface area contributed by atoms with E-state index in [-0.39, 0.29) is 23.7 Å². The van der Waals surface area contributed by atoms with Crippen molar-refractivity contribution in [1.29, 1.82) is 0 Å². The Morgan fingerprint density at radius 1 is 1.04 bits per heavy atom. The van der Waals surface area contributed by atoms with Gasteiger partial charge in [0, 0.05) is 18.5 Å². The van der Waals surface area contributed by atoms with Crippen molar-refractivity contribution in [3.8, 4) is 11.4 Å². The molecule has 25 heavy (non-hydrogen) atoms. The lowest BCUT2D eigenvalue weighted by Crippen LogP contribution is -2.32. The lowest BCUT2D eigenvalue weighted by Gasteiger charge is -2.19. The molecule has 1 aromatic carbocycles. The Kier molecular flexibility index (Phi) is 4.34. The highest BCUT2D eigenvalue weighted by Crippen LogP contribution is 2.38. The van der Waals surface area contributed by atoms with E-state index in [2.05, 4.69) is 10.1 Å². The molecule has 6 nitrogen and oxygen atoms in total. The molecule has 2 fully saturated rings. The molecule has 1 aromatic heterocycles. The number of hydrogen-bond donors (Lipinski definition) is 0. The van der Waals surface area contributed by atoms with Gasteiger partial charge in [0.25, 0.3) is 0 Å². The van der Waals surface area contributed by atoms with Crippen LogP contribution in [0.3, 0.4) is 0 Å². The molecule has 0 bridgehead atoms. The first-order valence-electron chi connectivity index (χ1n) is 8.97. The molecule has 0 N–H and O–H groups in total. The van der Waals surface area contributed by atoms with Crippen LogP contribution in [0.5, 0.6) is 0 Å². The van der Waals surface area contributed by atoms with Gasteiger partial charge in [0.05, 0.1) is 11.8 Å². The normalized spacial score (nSPS) is 23.1. The van der Waals surface area contributed by atoms with Gasteiger partial charge in [-0.2, -0.15) is 4.98 Å².